The SMILES string of the molecule is [Er+3].[Er+3].[O-2].[O-2].[O-2].[O-2].[O-2].[O-2].[O-2].[O-2].[O-2].[O-2].[O-2].[O-2].[W].[W].[W]. The summed E-state index contributed by atoms with van der Waals surface area (Å²) < 4.78 is 0. The van der Waals surface area contributed by atoms with Gasteiger partial charge in [0, 0.05) is 63.2 Å². The molecule has 0 saturated carbocycles. The maximum atomic E-state index is 0. The predicted octanol–water partition coefficient (Wildman–Crippen LogP) is -1.43. The van der Waals surface area contributed by atoms with Crippen molar-refractivity contribution in [2.45, 2.75) is 0 Å². The van der Waals surface area contributed by atoms with Gasteiger partial charge in [0.05, 0.1) is 0 Å². The summed E-state index contributed by atoms with van der Waals surface area (Å²) in [5.41, 5.74) is 0. The maximum Gasteiger partial charge on any atom is 3.00 e. The van der Waals surface area contributed by atoms with Gasteiger partial charge >= 0.3 is 74.6 Å². The molecular weight excluding hydrogens is 1080 g/mol. The van der Waals surface area contributed by atoms with E-state index in [9.17, 15) is 0 Å². The standard InChI is InChI=1S/2Er.12O.3W/q2*+3;12*-2;;;. The predicted molar refractivity (Wildman–Crippen MR) is 8.24 cm³/mol. The normalized spacial score (nSPS) is 0. The third-order valence-corrected chi connectivity index (χ3v) is 0. The zero-order valence-corrected chi connectivity index (χ0v) is 19.2. The van der Waals surface area contributed by atoms with Crippen molar-refractivity contribution in [1.82, 2.24) is 0 Å². The Morgan fingerprint density at radius 3 is 0.176 bits per heavy atom. The van der Waals surface area contributed by atoms with E-state index in [0.717, 1.165) is 0 Å². The van der Waals surface area contributed by atoms with Gasteiger partial charge in [0.25, 0.3) is 0 Å². The van der Waals surface area contributed by atoms with E-state index < -0.39 is 0 Å². The molecular formula is Er2O12W3-18. The second-order valence-corrected chi connectivity index (χ2v) is 0. The quantitative estimate of drug-likeness (QED) is 0.269. The van der Waals surface area contributed by atoms with E-state index in [-0.39, 0.29) is 204 Å². The molecule has 0 aliphatic heterocycles. The summed E-state index contributed by atoms with van der Waals surface area (Å²) in [5, 5.41) is 0. The van der Waals surface area contributed by atoms with Crippen LogP contribution in [0.2, 0.25) is 0 Å². The van der Waals surface area contributed by atoms with Crippen LogP contribution in [0, 0.1) is 74.6 Å². The Kier molecular flexibility index (Phi) is 13200. The molecule has 0 aliphatic rings. The molecule has 0 bridgehead atoms. The molecule has 0 rings (SSSR count). The first-order valence-electron chi connectivity index (χ1n) is 0. The van der Waals surface area contributed by atoms with Crippen molar-refractivity contribution in [1.29, 1.82) is 0 Å². The maximum absolute atomic E-state index is 0. The van der Waals surface area contributed by atoms with Crippen LogP contribution in [0.25, 0.3) is 0 Å². The number of rotatable bonds is 0. The molecule has 0 spiro atoms. The summed E-state index contributed by atoms with van der Waals surface area (Å²) in [7, 11) is 0. The topological polar surface area (TPSA) is 342 Å². The molecule has 0 heterocycles. The van der Waals surface area contributed by atoms with Gasteiger partial charge in [-0.2, -0.15) is 0 Å². The fourth-order valence-corrected chi connectivity index (χ4v) is 0. The summed E-state index contributed by atoms with van der Waals surface area (Å²) in [4.78, 5) is 0. The van der Waals surface area contributed by atoms with Gasteiger partial charge in [0.15, 0.2) is 0 Å². The molecule has 0 aromatic carbocycles. The van der Waals surface area contributed by atoms with Gasteiger partial charge in [0.1, 0.15) is 0 Å². The molecule has 132 valence electrons. The Morgan fingerprint density at radius 2 is 0.176 bits per heavy atom. The first-order valence-corrected chi connectivity index (χ1v) is 0. The van der Waals surface area contributed by atoms with Crippen LogP contribution in [0.15, 0.2) is 0 Å². The van der Waals surface area contributed by atoms with Gasteiger partial charge < -0.3 is 65.7 Å². The Bertz CT molecular complexity index is 19.7. The third kappa shape index (κ3) is 395. The Morgan fingerprint density at radius 1 is 0.176 bits per heavy atom. The first kappa shape index (κ1) is 511. The fraction of sp³-hybridized carbons (Fsp3) is 0. The van der Waals surface area contributed by atoms with Crippen molar-refractivity contribution in [3.8, 4) is 0 Å². The van der Waals surface area contributed by atoms with Crippen LogP contribution in [0.5, 0.6) is 0 Å². The summed E-state index contributed by atoms with van der Waals surface area (Å²) in [5.74, 6) is 0. The average Bonchev–Trinajstić information content (AvgIpc) is 0. The summed E-state index contributed by atoms with van der Waals surface area (Å²) in [6.07, 6.45) is 0. The minimum absolute atomic E-state index is 0. The van der Waals surface area contributed by atoms with Crippen molar-refractivity contribution in [2.75, 3.05) is 0 Å². The van der Waals surface area contributed by atoms with Crippen LogP contribution in [-0.2, 0) is 129 Å². The third-order valence-electron chi connectivity index (χ3n) is 0. The van der Waals surface area contributed by atoms with Crippen molar-refractivity contribution in [3.63, 3.8) is 0 Å². The van der Waals surface area contributed by atoms with E-state index in [0.29, 0.717) is 0 Å². The molecule has 0 unspecified atom stereocenters. The van der Waals surface area contributed by atoms with Crippen LogP contribution in [0.1, 0.15) is 0 Å². The Labute approximate surface area is 200 Å². The molecule has 12 nitrogen and oxygen atoms in total. The molecule has 0 aliphatic carbocycles. The molecule has 0 N–H and O–H groups in total. The van der Waals surface area contributed by atoms with Crippen LogP contribution >= 0.6 is 0 Å². The Balaban J connectivity index is 0. The van der Waals surface area contributed by atoms with E-state index in [1.54, 1.807) is 0 Å². The minimum Gasteiger partial charge on any atom is -2.00 e. The average molecular weight is 1080 g/mol. The number of hydrogen-bond donors (Lipinski definition) is 0. The van der Waals surface area contributed by atoms with E-state index >= 15 is 0 Å². The summed E-state index contributed by atoms with van der Waals surface area (Å²) >= 11 is 0. The smallest absolute Gasteiger partial charge is 2.00 e. The second kappa shape index (κ2) is 439. The van der Waals surface area contributed by atoms with E-state index in [4.69, 9.17) is 0 Å². The zero-order valence-electron chi connectivity index (χ0n) is 6.70. The van der Waals surface area contributed by atoms with Gasteiger partial charge in [-0.1, -0.05) is 0 Å². The summed E-state index contributed by atoms with van der Waals surface area (Å²) in [6, 6.07) is 0. The Hall–Kier alpha value is 4.08. The molecule has 0 saturated heterocycles. The molecule has 0 amide bonds. The zero-order chi connectivity index (χ0) is 0. The molecule has 0 aromatic heterocycles. The van der Waals surface area contributed by atoms with Crippen LogP contribution < -0.4 is 0 Å². The van der Waals surface area contributed by atoms with E-state index in [1.165, 1.54) is 0 Å². The fourth-order valence-electron chi connectivity index (χ4n) is 0. The van der Waals surface area contributed by atoms with E-state index in [1.807, 2.05) is 0 Å². The second-order valence-electron chi connectivity index (χ2n) is 0. The van der Waals surface area contributed by atoms with Crippen molar-refractivity contribution >= 4 is 0 Å². The summed E-state index contributed by atoms with van der Waals surface area (Å²) in [6.45, 7) is 0. The first-order chi connectivity index (χ1) is 0. The van der Waals surface area contributed by atoms with Gasteiger partial charge in [-0.25, -0.2) is 0 Å². The van der Waals surface area contributed by atoms with Crippen LogP contribution in [0.4, 0.5) is 0 Å². The molecule has 0 fully saturated rings. The minimum atomic E-state index is 0. The van der Waals surface area contributed by atoms with Crippen LogP contribution in [0.3, 0.4) is 0 Å². The van der Waals surface area contributed by atoms with Crippen molar-refractivity contribution in [2.24, 2.45) is 0 Å². The van der Waals surface area contributed by atoms with Gasteiger partial charge in [-0.3, -0.25) is 0 Å². The van der Waals surface area contributed by atoms with Gasteiger partial charge in [0.2, 0.25) is 0 Å². The monoisotopic (exact) mass is 1080 g/mol. The van der Waals surface area contributed by atoms with Crippen molar-refractivity contribution in [3.05, 3.63) is 0 Å². The van der Waals surface area contributed by atoms with Gasteiger partial charge in [-0.05, 0) is 0 Å². The van der Waals surface area contributed by atoms with Crippen molar-refractivity contribution < 1.29 is 204 Å². The number of hydrogen-bond acceptors (Lipinski definition) is 0. The van der Waals surface area contributed by atoms with Crippen LogP contribution in [-0.4, -0.2) is 0 Å². The van der Waals surface area contributed by atoms with E-state index in [2.05, 4.69) is 0 Å². The molecule has 17 heavy (non-hydrogen) atoms. The molecule has 2 radical (unpaired) electrons. The molecule has 0 aromatic rings. The molecule has 17 heteroatoms. The van der Waals surface area contributed by atoms with Gasteiger partial charge in [-0.15, -0.1) is 0 Å². The molecule has 0 atom stereocenters. The largest absolute Gasteiger partial charge is 3.00 e.